The van der Waals surface area contributed by atoms with E-state index in [1.165, 1.54) is 12.3 Å². The van der Waals surface area contributed by atoms with Crippen LogP contribution in [0.25, 0.3) is 0 Å². The zero-order valence-electron chi connectivity index (χ0n) is 11.4. The number of rotatable bonds is 6. The number of anilines is 1. The van der Waals surface area contributed by atoms with Gasteiger partial charge < -0.3 is 10.8 Å². The van der Waals surface area contributed by atoms with E-state index in [1.807, 2.05) is 0 Å². The third-order valence-electron chi connectivity index (χ3n) is 2.94. The molecule has 0 aliphatic rings. The molecule has 0 saturated heterocycles. The fraction of sp³-hybridized carbons (Fsp3) is 0.214. The van der Waals surface area contributed by atoms with Crippen molar-refractivity contribution in [3.63, 3.8) is 0 Å². The van der Waals surface area contributed by atoms with Crippen molar-refractivity contribution in [1.82, 2.24) is 4.98 Å². The summed E-state index contributed by atoms with van der Waals surface area (Å²) in [5, 5.41) is 8.85. The maximum Gasteiger partial charge on any atom is 0.263 e. The van der Waals surface area contributed by atoms with Crippen molar-refractivity contribution in [1.29, 1.82) is 0 Å². The molecule has 0 unspecified atom stereocenters. The highest BCUT2D eigenvalue weighted by Crippen LogP contribution is 2.18. The third kappa shape index (κ3) is 3.78. The fourth-order valence-electron chi connectivity index (χ4n) is 1.90. The number of nitrogens with zero attached hydrogens (tertiary/aromatic N) is 1. The van der Waals surface area contributed by atoms with Crippen LogP contribution in [0.3, 0.4) is 0 Å². The van der Waals surface area contributed by atoms with Crippen LogP contribution in [0, 0.1) is 0 Å². The van der Waals surface area contributed by atoms with Gasteiger partial charge in [0.1, 0.15) is 4.90 Å². The normalized spacial score (nSPS) is 11.3. The molecule has 0 atom stereocenters. The number of nitrogens with one attached hydrogen (secondary N) is 1. The Bertz CT molecular complexity index is 700. The van der Waals surface area contributed by atoms with Crippen LogP contribution in [0.2, 0.25) is 0 Å². The molecule has 7 heteroatoms. The van der Waals surface area contributed by atoms with Crippen molar-refractivity contribution < 1.29 is 13.5 Å². The third-order valence-corrected chi connectivity index (χ3v) is 4.39. The van der Waals surface area contributed by atoms with Crippen molar-refractivity contribution >= 4 is 15.7 Å². The lowest BCUT2D eigenvalue weighted by Crippen LogP contribution is -2.17. The monoisotopic (exact) mass is 307 g/mol. The first kappa shape index (κ1) is 15.4. The summed E-state index contributed by atoms with van der Waals surface area (Å²) >= 11 is 0. The van der Waals surface area contributed by atoms with Gasteiger partial charge in [-0.15, -0.1) is 0 Å². The molecular weight excluding hydrogens is 290 g/mol. The summed E-state index contributed by atoms with van der Waals surface area (Å²) in [5.41, 5.74) is 7.22. The zero-order chi connectivity index (χ0) is 15.3. The van der Waals surface area contributed by atoms with Crippen LogP contribution in [-0.4, -0.2) is 25.1 Å². The Morgan fingerprint density at radius 3 is 2.52 bits per heavy atom. The van der Waals surface area contributed by atoms with Gasteiger partial charge in [0, 0.05) is 25.0 Å². The summed E-state index contributed by atoms with van der Waals surface area (Å²) in [6.07, 6.45) is 2.04. The van der Waals surface area contributed by atoms with E-state index in [1.54, 1.807) is 30.3 Å². The number of aromatic nitrogens is 1. The first-order valence-electron chi connectivity index (χ1n) is 6.43. The SMILES string of the molecule is NCc1ncccc1S(=O)(=O)Nc1ccc(CCO)cc1. The number of hydrogen-bond donors (Lipinski definition) is 3. The first-order chi connectivity index (χ1) is 10.1. The van der Waals surface area contributed by atoms with E-state index < -0.39 is 10.0 Å². The smallest absolute Gasteiger partial charge is 0.263 e. The van der Waals surface area contributed by atoms with Crippen molar-refractivity contribution in [2.45, 2.75) is 17.9 Å². The lowest BCUT2D eigenvalue weighted by atomic mass is 10.1. The van der Waals surface area contributed by atoms with Crippen LogP contribution < -0.4 is 10.5 Å². The molecule has 1 aromatic heterocycles. The molecule has 0 radical (unpaired) electrons. The van der Waals surface area contributed by atoms with Crippen LogP contribution in [0.15, 0.2) is 47.5 Å². The molecule has 112 valence electrons. The van der Waals surface area contributed by atoms with Gasteiger partial charge in [0.2, 0.25) is 0 Å². The van der Waals surface area contributed by atoms with E-state index in [-0.39, 0.29) is 18.0 Å². The Hall–Kier alpha value is -1.96. The topological polar surface area (TPSA) is 105 Å². The molecular formula is C14H17N3O3S. The van der Waals surface area contributed by atoms with Gasteiger partial charge in [0.25, 0.3) is 10.0 Å². The number of nitrogens with two attached hydrogens (primary N) is 1. The molecule has 1 heterocycles. The fourth-order valence-corrected chi connectivity index (χ4v) is 3.16. The molecule has 0 saturated carbocycles. The van der Waals surface area contributed by atoms with E-state index in [0.29, 0.717) is 17.8 Å². The second kappa shape index (κ2) is 6.66. The molecule has 0 amide bonds. The molecule has 0 aliphatic carbocycles. The van der Waals surface area contributed by atoms with Gasteiger partial charge in [-0.05, 0) is 36.2 Å². The summed E-state index contributed by atoms with van der Waals surface area (Å²) in [5.74, 6) is 0. The number of pyridine rings is 1. The van der Waals surface area contributed by atoms with E-state index >= 15 is 0 Å². The summed E-state index contributed by atoms with van der Waals surface area (Å²) in [6.45, 7) is 0.104. The molecule has 4 N–H and O–H groups in total. The Kier molecular flexibility index (Phi) is 4.89. The van der Waals surface area contributed by atoms with Crippen LogP contribution in [0.5, 0.6) is 0 Å². The van der Waals surface area contributed by atoms with Gasteiger partial charge in [-0.3, -0.25) is 9.71 Å². The van der Waals surface area contributed by atoms with Crippen LogP contribution >= 0.6 is 0 Å². The molecule has 21 heavy (non-hydrogen) atoms. The predicted molar refractivity (Wildman–Crippen MR) is 80.2 cm³/mol. The molecule has 1 aromatic carbocycles. The molecule has 0 fully saturated rings. The molecule has 6 nitrogen and oxygen atoms in total. The summed E-state index contributed by atoms with van der Waals surface area (Å²) in [7, 11) is -3.72. The summed E-state index contributed by atoms with van der Waals surface area (Å²) < 4.78 is 27.2. The van der Waals surface area contributed by atoms with Crippen molar-refractivity contribution in [2.75, 3.05) is 11.3 Å². The second-order valence-electron chi connectivity index (χ2n) is 4.43. The van der Waals surface area contributed by atoms with Crippen LogP contribution in [0.1, 0.15) is 11.3 Å². The number of aliphatic hydroxyl groups excluding tert-OH is 1. The Morgan fingerprint density at radius 2 is 1.90 bits per heavy atom. The van der Waals surface area contributed by atoms with Gasteiger partial charge >= 0.3 is 0 Å². The Labute approximate surface area is 123 Å². The zero-order valence-corrected chi connectivity index (χ0v) is 12.2. The van der Waals surface area contributed by atoms with E-state index in [2.05, 4.69) is 9.71 Å². The average molecular weight is 307 g/mol. The lowest BCUT2D eigenvalue weighted by molar-refractivity contribution is 0.299. The summed E-state index contributed by atoms with van der Waals surface area (Å²) in [4.78, 5) is 4.05. The largest absolute Gasteiger partial charge is 0.396 e. The van der Waals surface area contributed by atoms with Gasteiger partial charge in [-0.2, -0.15) is 0 Å². The quantitative estimate of drug-likeness (QED) is 0.734. The Balaban J connectivity index is 2.24. The standard InChI is InChI=1S/C14H17N3O3S/c15-10-13-14(2-1-8-16-13)21(19,20)17-12-5-3-11(4-6-12)7-9-18/h1-6,8,17-18H,7,9-10,15H2. The van der Waals surface area contributed by atoms with Gasteiger partial charge in [0.15, 0.2) is 0 Å². The van der Waals surface area contributed by atoms with Gasteiger partial charge in [-0.25, -0.2) is 8.42 Å². The minimum atomic E-state index is -3.72. The van der Waals surface area contributed by atoms with Crippen molar-refractivity contribution in [3.8, 4) is 0 Å². The van der Waals surface area contributed by atoms with Crippen LogP contribution in [-0.2, 0) is 23.0 Å². The average Bonchev–Trinajstić information content (AvgIpc) is 2.49. The molecule has 0 spiro atoms. The number of aliphatic hydroxyl groups is 1. The van der Waals surface area contributed by atoms with E-state index in [4.69, 9.17) is 10.8 Å². The number of hydrogen-bond acceptors (Lipinski definition) is 5. The highest BCUT2D eigenvalue weighted by Gasteiger charge is 2.18. The molecule has 0 bridgehead atoms. The van der Waals surface area contributed by atoms with Crippen molar-refractivity contribution in [3.05, 3.63) is 53.9 Å². The van der Waals surface area contributed by atoms with E-state index in [9.17, 15) is 8.42 Å². The first-order valence-corrected chi connectivity index (χ1v) is 7.91. The van der Waals surface area contributed by atoms with Gasteiger partial charge in [0.05, 0.1) is 5.69 Å². The minimum Gasteiger partial charge on any atom is -0.396 e. The van der Waals surface area contributed by atoms with Gasteiger partial charge in [-0.1, -0.05) is 12.1 Å². The second-order valence-corrected chi connectivity index (χ2v) is 6.08. The highest BCUT2D eigenvalue weighted by atomic mass is 32.2. The predicted octanol–water partition coefficient (Wildman–Crippen LogP) is 0.876. The highest BCUT2D eigenvalue weighted by molar-refractivity contribution is 7.92. The lowest BCUT2D eigenvalue weighted by Gasteiger charge is -2.11. The number of sulfonamides is 1. The minimum absolute atomic E-state index is 0.0481. The maximum atomic E-state index is 12.3. The van der Waals surface area contributed by atoms with Crippen molar-refractivity contribution in [2.24, 2.45) is 5.73 Å². The summed E-state index contributed by atoms with van der Waals surface area (Å²) in [6, 6.07) is 9.86. The molecule has 0 aliphatic heterocycles. The molecule has 2 aromatic rings. The van der Waals surface area contributed by atoms with Crippen LogP contribution in [0.4, 0.5) is 5.69 Å². The maximum absolute atomic E-state index is 12.3. The van der Waals surface area contributed by atoms with E-state index in [0.717, 1.165) is 5.56 Å². The number of benzene rings is 1. The Morgan fingerprint density at radius 1 is 1.19 bits per heavy atom. The molecule has 2 rings (SSSR count).